The summed E-state index contributed by atoms with van der Waals surface area (Å²) in [6.07, 6.45) is 2.82. The molecule has 0 N–H and O–H groups in total. The largest absolute Gasteiger partial charge is 0.342 e. The molecule has 1 aliphatic rings. The van der Waals surface area contributed by atoms with Crippen LogP contribution in [0, 0.1) is 0 Å². The summed E-state index contributed by atoms with van der Waals surface area (Å²) in [6.45, 7) is 1.87. The van der Waals surface area contributed by atoms with Crippen molar-refractivity contribution >= 4 is 21.8 Å². The first-order valence-corrected chi connectivity index (χ1v) is 6.08. The van der Waals surface area contributed by atoms with Crippen LogP contribution in [0.25, 0.3) is 0 Å². The summed E-state index contributed by atoms with van der Waals surface area (Å²) in [5.74, 6) is 0.249. The van der Waals surface area contributed by atoms with Gasteiger partial charge in [-0.05, 0) is 24.5 Å². The van der Waals surface area contributed by atoms with Crippen molar-refractivity contribution in [2.45, 2.75) is 19.3 Å². The van der Waals surface area contributed by atoms with Gasteiger partial charge in [0, 0.05) is 17.6 Å². The van der Waals surface area contributed by atoms with Gasteiger partial charge in [-0.3, -0.25) is 4.79 Å². The van der Waals surface area contributed by atoms with Crippen LogP contribution in [0.2, 0.25) is 0 Å². The maximum Gasteiger partial charge on any atom is 0.227 e. The summed E-state index contributed by atoms with van der Waals surface area (Å²) in [6, 6.07) is 7.91. The summed E-state index contributed by atoms with van der Waals surface area (Å²) < 4.78 is 1.03. The van der Waals surface area contributed by atoms with E-state index in [0.29, 0.717) is 6.42 Å². The third kappa shape index (κ3) is 2.59. The lowest BCUT2D eigenvalue weighted by molar-refractivity contribution is -0.129. The minimum Gasteiger partial charge on any atom is -0.342 e. The average molecular weight is 268 g/mol. The van der Waals surface area contributed by atoms with Gasteiger partial charge in [-0.2, -0.15) is 0 Å². The molecule has 2 nitrogen and oxygen atoms in total. The van der Waals surface area contributed by atoms with Crippen molar-refractivity contribution in [2.75, 3.05) is 13.1 Å². The third-order valence-corrected chi connectivity index (χ3v) is 3.53. The molecule has 0 bridgehead atoms. The SMILES string of the molecule is O=C(Cc1ccccc1Br)N1CCCC1. The van der Waals surface area contributed by atoms with Crippen molar-refractivity contribution < 1.29 is 4.79 Å². The highest BCUT2D eigenvalue weighted by molar-refractivity contribution is 9.10. The fourth-order valence-corrected chi connectivity index (χ4v) is 2.31. The number of nitrogens with zero attached hydrogens (tertiary/aromatic N) is 1. The second-order valence-electron chi connectivity index (χ2n) is 3.86. The fraction of sp³-hybridized carbons (Fsp3) is 0.417. The Morgan fingerprint density at radius 2 is 1.93 bits per heavy atom. The normalized spacial score (nSPS) is 15.7. The first-order valence-electron chi connectivity index (χ1n) is 5.28. The quantitative estimate of drug-likeness (QED) is 0.807. The van der Waals surface area contributed by atoms with E-state index in [4.69, 9.17) is 0 Å². The van der Waals surface area contributed by atoms with Gasteiger partial charge in [0.15, 0.2) is 0 Å². The molecule has 2 rings (SSSR count). The lowest BCUT2D eigenvalue weighted by atomic mass is 10.1. The lowest BCUT2D eigenvalue weighted by Gasteiger charge is -2.15. The Kier molecular flexibility index (Phi) is 3.41. The fourth-order valence-electron chi connectivity index (χ4n) is 1.88. The van der Waals surface area contributed by atoms with E-state index in [2.05, 4.69) is 15.9 Å². The van der Waals surface area contributed by atoms with Crippen LogP contribution < -0.4 is 0 Å². The molecule has 1 aliphatic heterocycles. The first kappa shape index (κ1) is 10.7. The van der Waals surface area contributed by atoms with Crippen LogP contribution in [0.15, 0.2) is 28.7 Å². The standard InChI is InChI=1S/C12H14BrNO/c13-11-6-2-1-5-10(11)9-12(15)14-7-3-4-8-14/h1-2,5-6H,3-4,7-9H2. The van der Waals surface area contributed by atoms with Crippen molar-refractivity contribution in [3.63, 3.8) is 0 Å². The second-order valence-corrected chi connectivity index (χ2v) is 4.71. The maximum atomic E-state index is 11.9. The summed E-state index contributed by atoms with van der Waals surface area (Å²) in [7, 11) is 0. The molecule has 0 aliphatic carbocycles. The molecule has 1 saturated heterocycles. The minimum atomic E-state index is 0.249. The van der Waals surface area contributed by atoms with E-state index in [1.165, 1.54) is 0 Å². The number of hydrogen-bond acceptors (Lipinski definition) is 1. The Morgan fingerprint density at radius 1 is 1.27 bits per heavy atom. The number of hydrogen-bond donors (Lipinski definition) is 0. The van der Waals surface area contributed by atoms with Gasteiger partial charge in [-0.25, -0.2) is 0 Å². The topological polar surface area (TPSA) is 20.3 Å². The van der Waals surface area contributed by atoms with E-state index in [1.54, 1.807) is 0 Å². The molecule has 0 atom stereocenters. The van der Waals surface area contributed by atoms with E-state index in [-0.39, 0.29) is 5.91 Å². The van der Waals surface area contributed by atoms with E-state index in [9.17, 15) is 4.79 Å². The zero-order valence-corrected chi connectivity index (χ0v) is 10.2. The molecule has 1 amide bonds. The van der Waals surface area contributed by atoms with Crippen LogP contribution in [-0.2, 0) is 11.2 Å². The van der Waals surface area contributed by atoms with Crippen molar-refractivity contribution in [3.8, 4) is 0 Å². The minimum absolute atomic E-state index is 0.249. The van der Waals surface area contributed by atoms with Crippen molar-refractivity contribution in [2.24, 2.45) is 0 Å². The van der Waals surface area contributed by atoms with Gasteiger partial charge in [-0.15, -0.1) is 0 Å². The van der Waals surface area contributed by atoms with Crippen LogP contribution in [0.1, 0.15) is 18.4 Å². The van der Waals surface area contributed by atoms with Crippen LogP contribution in [0.3, 0.4) is 0 Å². The highest BCUT2D eigenvalue weighted by Crippen LogP contribution is 2.18. The van der Waals surface area contributed by atoms with Crippen molar-refractivity contribution in [1.82, 2.24) is 4.90 Å². The summed E-state index contributed by atoms with van der Waals surface area (Å²) in [4.78, 5) is 13.8. The van der Waals surface area contributed by atoms with Crippen molar-refractivity contribution in [3.05, 3.63) is 34.3 Å². The molecule has 0 radical (unpaired) electrons. The summed E-state index contributed by atoms with van der Waals surface area (Å²) in [5.41, 5.74) is 1.08. The Hall–Kier alpha value is -0.830. The van der Waals surface area contributed by atoms with Gasteiger partial charge in [0.2, 0.25) is 5.91 Å². The number of likely N-dealkylation sites (tertiary alicyclic amines) is 1. The van der Waals surface area contributed by atoms with Gasteiger partial charge in [0.05, 0.1) is 6.42 Å². The molecular formula is C12H14BrNO. The van der Waals surface area contributed by atoms with Gasteiger partial charge in [0.25, 0.3) is 0 Å². The molecule has 1 heterocycles. The zero-order valence-electron chi connectivity index (χ0n) is 8.58. The lowest BCUT2D eigenvalue weighted by Crippen LogP contribution is -2.29. The van der Waals surface area contributed by atoms with Gasteiger partial charge >= 0.3 is 0 Å². The Labute approximate surface area is 98.4 Å². The first-order chi connectivity index (χ1) is 7.27. The molecule has 80 valence electrons. The molecule has 3 heteroatoms. The third-order valence-electron chi connectivity index (χ3n) is 2.76. The maximum absolute atomic E-state index is 11.9. The zero-order chi connectivity index (χ0) is 10.7. The van der Waals surface area contributed by atoms with Gasteiger partial charge in [0.1, 0.15) is 0 Å². The molecule has 0 spiro atoms. The van der Waals surface area contributed by atoms with E-state index in [0.717, 1.165) is 36.0 Å². The molecule has 0 saturated carbocycles. The molecule has 1 aromatic carbocycles. The van der Waals surface area contributed by atoms with Crippen LogP contribution in [0.4, 0.5) is 0 Å². The molecule has 0 aromatic heterocycles. The number of amides is 1. The Balaban J connectivity index is 2.02. The second kappa shape index (κ2) is 4.79. The Morgan fingerprint density at radius 3 is 2.60 bits per heavy atom. The van der Waals surface area contributed by atoms with Crippen LogP contribution in [0.5, 0.6) is 0 Å². The average Bonchev–Trinajstić information content (AvgIpc) is 2.74. The smallest absolute Gasteiger partial charge is 0.227 e. The number of benzene rings is 1. The van der Waals surface area contributed by atoms with Crippen LogP contribution in [-0.4, -0.2) is 23.9 Å². The van der Waals surface area contributed by atoms with Gasteiger partial charge < -0.3 is 4.90 Å². The predicted octanol–water partition coefficient (Wildman–Crippen LogP) is 2.61. The molecular weight excluding hydrogens is 254 g/mol. The molecule has 1 aromatic rings. The van der Waals surface area contributed by atoms with E-state index < -0.39 is 0 Å². The predicted molar refractivity (Wildman–Crippen MR) is 63.7 cm³/mol. The van der Waals surface area contributed by atoms with Crippen LogP contribution >= 0.6 is 15.9 Å². The van der Waals surface area contributed by atoms with Crippen molar-refractivity contribution in [1.29, 1.82) is 0 Å². The monoisotopic (exact) mass is 267 g/mol. The molecule has 15 heavy (non-hydrogen) atoms. The number of carbonyl (C=O) groups is 1. The number of halogens is 1. The van der Waals surface area contributed by atoms with E-state index in [1.807, 2.05) is 29.2 Å². The highest BCUT2D eigenvalue weighted by atomic mass is 79.9. The number of rotatable bonds is 2. The summed E-state index contributed by atoms with van der Waals surface area (Å²) in [5, 5.41) is 0. The number of carbonyl (C=O) groups excluding carboxylic acids is 1. The van der Waals surface area contributed by atoms with E-state index >= 15 is 0 Å². The Bertz CT molecular complexity index is 358. The molecule has 1 fully saturated rings. The van der Waals surface area contributed by atoms with Gasteiger partial charge in [-0.1, -0.05) is 34.1 Å². The summed E-state index contributed by atoms with van der Waals surface area (Å²) >= 11 is 3.46. The molecule has 0 unspecified atom stereocenters. The highest BCUT2D eigenvalue weighted by Gasteiger charge is 2.18.